The number of sulfone groups is 1. The fourth-order valence-electron chi connectivity index (χ4n) is 2.36. The van der Waals surface area contributed by atoms with Gasteiger partial charge in [0.1, 0.15) is 6.54 Å². The van der Waals surface area contributed by atoms with E-state index in [2.05, 4.69) is 5.10 Å². The van der Waals surface area contributed by atoms with Gasteiger partial charge in [-0.05, 0) is 18.9 Å². The highest BCUT2D eigenvalue weighted by molar-refractivity contribution is 7.91. The number of aromatic nitrogens is 2. The number of nitrogens with zero attached hydrogens (tertiary/aromatic N) is 3. The van der Waals surface area contributed by atoms with E-state index in [9.17, 15) is 18.0 Å². The third-order valence-corrected chi connectivity index (χ3v) is 5.47. The van der Waals surface area contributed by atoms with Crippen LogP contribution in [0.4, 0.5) is 0 Å². The van der Waals surface area contributed by atoms with Crippen LogP contribution in [0.2, 0.25) is 0 Å². The quantitative estimate of drug-likeness (QED) is 0.742. The maximum atomic E-state index is 12.2. The summed E-state index contributed by atoms with van der Waals surface area (Å²) in [5.41, 5.74) is 0.543. The maximum Gasteiger partial charge on any atom is 0.267 e. The molecule has 2 heterocycles. The molecule has 1 saturated carbocycles. The number of amides is 1. The molecule has 0 aromatic carbocycles. The standard InChI is InChI=1S/C13H17N3O4S/c17-12-4-3-11(10-1-2-10)14-16(12)9-13(18)15-5-7-21(19,20)8-6-15/h3-4,10H,1-2,5-9H2. The van der Waals surface area contributed by atoms with E-state index < -0.39 is 9.84 Å². The Labute approximate surface area is 122 Å². The second-order valence-corrected chi connectivity index (χ2v) is 7.86. The van der Waals surface area contributed by atoms with Gasteiger partial charge in [0.25, 0.3) is 5.56 Å². The van der Waals surface area contributed by atoms with E-state index in [1.54, 1.807) is 6.07 Å². The lowest BCUT2D eigenvalue weighted by molar-refractivity contribution is -0.131. The van der Waals surface area contributed by atoms with Crippen LogP contribution in [0.25, 0.3) is 0 Å². The largest absolute Gasteiger partial charge is 0.339 e. The Hall–Kier alpha value is -1.70. The summed E-state index contributed by atoms with van der Waals surface area (Å²) in [6, 6.07) is 3.16. The molecular formula is C13H17N3O4S. The first-order chi connectivity index (χ1) is 9.94. The fourth-order valence-corrected chi connectivity index (χ4v) is 3.57. The average molecular weight is 311 g/mol. The molecule has 1 aliphatic heterocycles. The van der Waals surface area contributed by atoms with Gasteiger partial charge in [0.05, 0.1) is 17.2 Å². The van der Waals surface area contributed by atoms with Crippen molar-refractivity contribution in [2.75, 3.05) is 24.6 Å². The molecule has 2 fully saturated rings. The van der Waals surface area contributed by atoms with Crippen LogP contribution in [-0.4, -0.2) is 53.6 Å². The Kier molecular flexibility index (Phi) is 3.56. The first-order valence-corrected chi connectivity index (χ1v) is 8.83. The van der Waals surface area contributed by atoms with E-state index in [4.69, 9.17) is 0 Å². The zero-order valence-corrected chi connectivity index (χ0v) is 12.4. The molecule has 1 aliphatic carbocycles. The van der Waals surface area contributed by atoms with Crippen molar-refractivity contribution < 1.29 is 13.2 Å². The molecule has 114 valence electrons. The van der Waals surface area contributed by atoms with Gasteiger partial charge in [-0.1, -0.05) is 0 Å². The van der Waals surface area contributed by atoms with Crippen molar-refractivity contribution in [1.29, 1.82) is 0 Å². The van der Waals surface area contributed by atoms with Gasteiger partial charge in [-0.25, -0.2) is 13.1 Å². The third-order valence-electron chi connectivity index (χ3n) is 3.87. The Balaban J connectivity index is 1.70. The Morgan fingerprint density at radius 2 is 1.90 bits per heavy atom. The van der Waals surface area contributed by atoms with E-state index in [0.717, 1.165) is 18.5 Å². The van der Waals surface area contributed by atoms with Gasteiger partial charge in [0, 0.05) is 25.1 Å². The summed E-state index contributed by atoms with van der Waals surface area (Å²) in [7, 11) is -3.02. The van der Waals surface area contributed by atoms with Gasteiger partial charge in [0.15, 0.2) is 9.84 Å². The van der Waals surface area contributed by atoms with E-state index in [-0.39, 0.29) is 42.6 Å². The Bertz CT molecular complexity index is 707. The van der Waals surface area contributed by atoms with E-state index in [1.165, 1.54) is 15.6 Å². The van der Waals surface area contributed by atoms with Crippen molar-refractivity contribution in [1.82, 2.24) is 14.7 Å². The summed E-state index contributed by atoms with van der Waals surface area (Å²) in [6.07, 6.45) is 2.15. The predicted octanol–water partition coefficient (Wildman–Crippen LogP) is -0.622. The van der Waals surface area contributed by atoms with Crippen molar-refractivity contribution in [2.45, 2.75) is 25.3 Å². The number of rotatable bonds is 3. The Morgan fingerprint density at radius 1 is 1.24 bits per heavy atom. The van der Waals surface area contributed by atoms with Crippen LogP contribution in [0.5, 0.6) is 0 Å². The fraction of sp³-hybridized carbons (Fsp3) is 0.615. The second kappa shape index (κ2) is 5.25. The van der Waals surface area contributed by atoms with Gasteiger partial charge in [0.2, 0.25) is 5.91 Å². The number of hydrogen-bond donors (Lipinski definition) is 0. The summed E-state index contributed by atoms with van der Waals surface area (Å²) in [5.74, 6) is 0.131. The smallest absolute Gasteiger partial charge is 0.267 e. The van der Waals surface area contributed by atoms with Crippen molar-refractivity contribution in [3.8, 4) is 0 Å². The van der Waals surface area contributed by atoms with Gasteiger partial charge in [-0.3, -0.25) is 9.59 Å². The molecule has 0 bridgehead atoms. The summed E-state index contributed by atoms with van der Waals surface area (Å²) in [5, 5.41) is 4.24. The molecule has 21 heavy (non-hydrogen) atoms. The SMILES string of the molecule is O=C(Cn1nc(C2CC2)ccc1=O)N1CCS(=O)(=O)CC1. The van der Waals surface area contributed by atoms with Crippen LogP contribution < -0.4 is 5.56 Å². The molecule has 3 rings (SSSR count). The normalized spacial score (nSPS) is 21.2. The van der Waals surface area contributed by atoms with Crippen molar-refractivity contribution in [3.05, 3.63) is 28.2 Å². The molecule has 0 N–H and O–H groups in total. The first-order valence-electron chi connectivity index (χ1n) is 7.01. The maximum absolute atomic E-state index is 12.2. The highest BCUT2D eigenvalue weighted by Crippen LogP contribution is 2.38. The molecule has 2 aliphatic rings. The van der Waals surface area contributed by atoms with E-state index >= 15 is 0 Å². The van der Waals surface area contributed by atoms with Gasteiger partial charge < -0.3 is 4.90 Å². The molecule has 0 atom stereocenters. The van der Waals surface area contributed by atoms with Crippen molar-refractivity contribution in [2.24, 2.45) is 0 Å². The van der Waals surface area contributed by atoms with Crippen molar-refractivity contribution in [3.63, 3.8) is 0 Å². The summed E-state index contributed by atoms with van der Waals surface area (Å²) in [6.45, 7) is 0.260. The molecule has 0 radical (unpaired) electrons. The number of carbonyl (C=O) groups excluding carboxylic acids is 1. The molecule has 8 heteroatoms. The van der Waals surface area contributed by atoms with Crippen LogP contribution in [0.15, 0.2) is 16.9 Å². The highest BCUT2D eigenvalue weighted by Gasteiger charge is 2.27. The summed E-state index contributed by atoms with van der Waals surface area (Å²) in [4.78, 5) is 25.4. The molecule has 1 aromatic rings. The highest BCUT2D eigenvalue weighted by atomic mass is 32.2. The third kappa shape index (κ3) is 3.31. The number of hydrogen-bond acceptors (Lipinski definition) is 5. The molecule has 7 nitrogen and oxygen atoms in total. The molecule has 0 unspecified atom stereocenters. The number of carbonyl (C=O) groups is 1. The molecule has 1 saturated heterocycles. The minimum atomic E-state index is -3.02. The van der Waals surface area contributed by atoms with Gasteiger partial charge in [-0.15, -0.1) is 0 Å². The monoisotopic (exact) mass is 311 g/mol. The van der Waals surface area contributed by atoms with Gasteiger partial charge in [-0.2, -0.15) is 5.10 Å². The average Bonchev–Trinajstić information content (AvgIpc) is 3.25. The Morgan fingerprint density at radius 3 is 2.52 bits per heavy atom. The molecular weight excluding hydrogens is 294 g/mol. The van der Waals surface area contributed by atoms with E-state index in [1.807, 2.05) is 0 Å². The minimum absolute atomic E-state index is 0.0107. The van der Waals surface area contributed by atoms with Gasteiger partial charge >= 0.3 is 0 Å². The molecule has 1 amide bonds. The lowest BCUT2D eigenvalue weighted by atomic mass is 10.3. The second-order valence-electron chi connectivity index (χ2n) is 5.56. The first kappa shape index (κ1) is 14.2. The summed E-state index contributed by atoms with van der Waals surface area (Å²) < 4.78 is 23.9. The van der Waals surface area contributed by atoms with Crippen LogP contribution >= 0.6 is 0 Å². The summed E-state index contributed by atoms with van der Waals surface area (Å²) >= 11 is 0. The lowest BCUT2D eigenvalue weighted by Crippen LogP contribution is -2.46. The lowest BCUT2D eigenvalue weighted by Gasteiger charge is -2.26. The van der Waals surface area contributed by atoms with Crippen molar-refractivity contribution >= 4 is 15.7 Å². The topological polar surface area (TPSA) is 89.3 Å². The zero-order chi connectivity index (χ0) is 15.0. The van der Waals surface area contributed by atoms with Crippen LogP contribution in [-0.2, 0) is 21.2 Å². The zero-order valence-electron chi connectivity index (χ0n) is 11.6. The van der Waals surface area contributed by atoms with Crippen LogP contribution in [0.3, 0.4) is 0 Å². The molecule has 1 aromatic heterocycles. The van der Waals surface area contributed by atoms with E-state index in [0.29, 0.717) is 5.92 Å². The minimum Gasteiger partial charge on any atom is -0.339 e. The van der Waals surface area contributed by atoms with Crippen LogP contribution in [0.1, 0.15) is 24.5 Å². The predicted molar refractivity (Wildman–Crippen MR) is 75.7 cm³/mol. The molecule has 0 spiro atoms. The van der Waals surface area contributed by atoms with Crippen LogP contribution in [0, 0.1) is 0 Å².